The smallest absolute Gasteiger partial charge is 0.255 e. The van der Waals surface area contributed by atoms with E-state index < -0.39 is 6.43 Å². The van der Waals surface area contributed by atoms with Gasteiger partial charge in [-0.25, -0.2) is 8.78 Å². The Kier molecular flexibility index (Phi) is 13.5. The van der Waals surface area contributed by atoms with Crippen molar-refractivity contribution in [1.29, 1.82) is 0 Å². The van der Waals surface area contributed by atoms with Crippen LogP contribution in [0.25, 0.3) is 0 Å². The number of hydrogen-bond donors (Lipinski definition) is 1. The summed E-state index contributed by atoms with van der Waals surface area (Å²) in [4.78, 5) is 1.35. The Morgan fingerprint density at radius 3 is 1.68 bits per heavy atom. The summed E-state index contributed by atoms with van der Waals surface area (Å²) in [5.41, 5.74) is 0. The zero-order valence-electron chi connectivity index (χ0n) is 12.7. The van der Waals surface area contributed by atoms with Gasteiger partial charge in [0.2, 0.25) is 0 Å². The number of thiophene rings is 2. The van der Waals surface area contributed by atoms with Crippen LogP contribution >= 0.6 is 22.7 Å². The summed E-state index contributed by atoms with van der Waals surface area (Å²) in [5.74, 6) is 0.304. The van der Waals surface area contributed by atoms with Gasteiger partial charge in [-0.2, -0.15) is 22.7 Å². The minimum Gasteiger partial charge on any atom is -0.409 e. The third kappa shape index (κ3) is 11.2. The van der Waals surface area contributed by atoms with Gasteiger partial charge in [-0.3, -0.25) is 0 Å². The molecule has 2 heterocycles. The van der Waals surface area contributed by atoms with Crippen molar-refractivity contribution >= 4 is 28.5 Å². The zero-order chi connectivity index (χ0) is 16.6. The molecule has 0 fully saturated rings. The second kappa shape index (κ2) is 14.5. The maximum Gasteiger partial charge on any atom is 0.255 e. The van der Waals surface area contributed by atoms with Crippen LogP contribution < -0.4 is 0 Å². The highest BCUT2D eigenvalue weighted by molar-refractivity contribution is 7.08. The third-order valence-corrected chi connectivity index (χ3v) is 3.64. The molecule has 2 rings (SSSR count). The molecular weight excluding hydrogens is 326 g/mol. The van der Waals surface area contributed by atoms with E-state index in [1.165, 1.54) is 4.90 Å². The number of oxime groups is 1. The first-order valence-corrected chi connectivity index (χ1v) is 8.72. The van der Waals surface area contributed by atoms with Crippen LogP contribution in [0.4, 0.5) is 8.78 Å². The summed E-state index contributed by atoms with van der Waals surface area (Å²) in [5, 5.41) is 19.5. The fraction of sp³-hybridized carbons (Fsp3) is 0.400. The molecule has 7 heteroatoms. The van der Waals surface area contributed by atoms with Crippen molar-refractivity contribution in [3.05, 3.63) is 45.8 Å². The number of rotatable bonds is 4. The first-order valence-electron chi connectivity index (χ1n) is 6.83. The van der Waals surface area contributed by atoms with Crippen molar-refractivity contribution in [2.45, 2.75) is 26.7 Å². The fourth-order valence-corrected chi connectivity index (χ4v) is 2.30. The molecule has 2 aromatic rings. The topological polar surface area (TPSA) is 35.8 Å². The van der Waals surface area contributed by atoms with E-state index >= 15 is 0 Å². The summed E-state index contributed by atoms with van der Waals surface area (Å²) >= 11 is 3.43. The van der Waals surface area contributed by atoms with Gasteiger partial charge >= 0.3 is 0 Å². The predicted octanol–water partition coefficient (Wildman–Crippen LogP) is 5.27. The van der Waals surface area contributed by atoms with Crippen molar-refractivity contribution < 1.29 is 14.0 Å². The zero-order valence-corrected chi connectivity index (χ0v) is 14.4. The average molecular weight is 348 g/mol. The quantitative estimate of drug-likeness (QED) is 0.354. The van der Waals surface area contributed by atoms with E-state index in [1.54, 1.807) is 36.5 Å². The average Bonchev–Trinajstić information content (AvgIpc) is 3.24. The lowest BCUT2D eigenvalue weighted by Gasteiger charge is -2.21. The fourth-order valence-electron chi connectivity index (χ4n) is 1.39. The van der Waals surface area contributed by atoms with E-state index in [9.17, 15) is 8.78 Å². The van der Waals surface area contributed by atoms with E-state index in [1.807, 2.05) is 45.8 Å². The molecule has 0 amide bonds. The van der Waals surface area contributed by atoms with E-state index in [0.717, 1.165) is 0 Å². The van der Waals surface area contributed by atoms with Crippen LogP contribution in [0.15, 0.2) is 50.9 Å². The van der Waals surface area contributed by atoms with E-state index in [-0.39, 0.29) is 6.54 Å². The molecule has 0 saturated carbocycles. The predicted molar refractivity (Wildman–Crippen MR) is 91.4 cm³/mol. The Labute approximate surface area is 138 Å². The van der Waals surface area contributed by atoms with E-state index in [0.29, 0.717) is 18.8 Å². The van der Waals surface area contributed by atoms with E-state index in [4.69, 9.17) is 5.21 Å². The number of hydrogen-bond acceptors (Lipinski definition) is 4. The highest BCUT2D eigenvalue weighted by Gasteiger charge is 2.13. The third-order valence-electron chi connectivity index (χ3n) is 2.39. The van der Waals surface area contributed by atoms with Crippen LogP contribution in [0.1, 0.15) is 20.3 Å². The number of nitrogens with zero attached hydrogens (tertiary/aromatic N) is 2. The molecule has 0 aliphatic heterocycles. The number of alkyl halides is 2. The maximum absolute atomic E-state index is 11.9. The molecule has 0 aliphatic rings. The first-order chi connectivity index (χ1) is 10.7. The molecular formula is C15H22F2N2OS2. The van der Waals surface area contributed by atoms with Crippen molar-refractivity contribution in [1.82, 2.24) is 4.90 Å². The number of amidine groups is 1. The Bertz CT molecular complexity index is 387. The highest BCUT2D eigenvalue weighted by Crippen LogP contribution is 2.01. The lowest BCUT2D eigenvalue weighted by Crippen LogP contribution is -2.34. The monoisotopic (exact) mass is 348 g/mol. The summed E-state index contributed by atoms with van der Waals surface area (Å²) in [7, 11) is 0. The van der Waals surface area contributed by atoms with Crippen LogP contribution in [-0.4, -0.2) is 35.5 Å². The Balaban J connectivity index is 0.000000355. The summed E-state index contributed by atoms with van der Waals surface area (Å²) in [6.45, 7) is 3.55. The molecule has 0 unspecified atom stereocenters. The van der Waals surface area contributed by atoms with Gasteiger partial charge in [0.15, 0.2) is 0 Å². The van der Waals surface area contributed by atoms with Gasteiger partial charge in [0.05, 0.1) is 6.54 Å². The first kappa shape index (κ1) is 20.5. The largest absolute Gasteiger partial charge is 0.409 e. The van der Waals surface area contributed by atoms with E-state index in [2.05, 4.69) is 5.16 Å². The van der Waals surface area contributed by atoms with Crippen LogP contribution in [0.5, 0.6) is 0 Å². The van der Waals surface area contributed by atoms with Crippen LogP contribution in [0, 0.1) is 0 Å². The molecule has 22 heavy (non-hydrogen) atoms. The van der Waals surface area contributed by atoms with Crippen LogP contribution in [0.2, 0.25) is 0 Å². The SMILES string of the molecule is CCC(=NO)N(CC)CC(F)F.c1ccsc1.c1ccsc1. The second-order valence-corrected chi connectivity index (χ2v) is 5.52. The Morgan fingerprint density at radius 1 is 1.05 bits per heavy atom. The van der Waals surface area contributed by atoms with Gasteiger partial charge in [-0.05, 0) is 28.4 Å². The minimum atomic E-state index is -2.40. The van der Waals surface area contributed by atoms with Crippen molar-refractivity contribution in [3.8, 4) is 0 Å². The molecule has 3 nitrogen and oxygen atoms in total. The molecule has 2 aromatic heterocycles. The van der Waals surface area contributed by atoms with Crippen molar-refractivity contribution in [3.63, 3.8) is 0 Å². The molecule has 124 valence electrons. The highest BCUT2D eigenvalue weighted by atomic mass is 32.1. The second-order valence-electron chi connectivity index (χ2n) is 3.89. The molecule has 0 saturated heterocycles. The van der Waals surface area contributed by atoms with Gasteiger partial charge in [-0.1, -0.05) is 36.3 Å². The maximum atomic E-state index is 11.9. The minimum absolute atomic E-state index is 0.304. The van der Waals surface area contributed by atoms with Gasteiger partial charge in [0.25, 0.3) is 6.43 Å². The van der Waals surface area contributed by atoms with Crippen LogP contribution in [-0.2, 0) is 0 Å². The summed E-state index contributed by atoms with van der Waals surface area (Å²) in [6.07, 6.45) is -1.94. The van der Waals surface area contributed by atoms with Crippen LogP contribution in [0.3, 0.4) is 0 Å². The molecule has 0 aliphatic carbocycles. The molecule has 0 atom stereocenters. The molecule has 0 radical (unpaired) electrons. The summed E-state index contributed by atoms with van der Waals surface area (Å²) in [6, 6.07) is 8.07. The molecule has 0 spiro atoms. The molecule has 1 N–H and O–H groups in total. The summed E-state index contributed by atoms with van der Waals surface area (Å²) < 4.78 is 23.9. The van der Waals surface area contributed by atoms with Gasteiger partial charge in [-0.15, -0.1) is 0 Å². The van der Waals surface area contributed by atoms with Gasteiger partial charge < -0.3 is 10.1 Å². The standard InChI is InChI=1S/C7H14F2N2O.2C4H4S/c1-3-7(10-12)11(4-2)5-6(8)9;2*1-2-4-5-3-1/h6,12H,3-5H2,1-2H3;2*1-4H. The lowest BCUT2D eigenvalue weighted by molar-refractivity contribution is 0.115. The Morgan fingerprint density at radius 2 is 1.50 bits per heavy atom. The lowest BCUT2D eigenvalue weighted by atomic mass is 10.3. The van der Waals surface area contributed by atoms with Crippen molar-refractivity contribution in [2.75, 3.05) is 13.1 Å². The molecule has 0 bridgehead atoms. The number of halogens is 2. The van der Waals surface area contributed by atoms with Gasteiger partial charge in [0, 0.05) is 13.0 Å². The van der Waals surface area contributed by atoms with Gasteiger partial charge in [0.1, 0.15) is 5.84 Å². The Hall–Kier alpha value is -1.47. The molecule has 0 aromatic carbocycles. The van der Waals surface area contributed by atoms with Crippen molar-refractivity contribution in [2.24, 2.45) is 5.16 Å². The normalized spacial score (nSPS) is 10.3.